The lowest BCUT2D eigenvalue weighted by molar-refractivity contribution is 0.0789. The van der Waals surface area contributed by atoms with Crippen LogP contribution in [-0.2, 0) is 23.1 Å². The van der Waals surface area contributed by atoms with Crippen LogP contribution in [0.2, 0.25) is 0 Å². The summed E-state index contributed by atoms with van der Waals surface area (Å²) < 4.78 is 29.1. The molecule has 2 aliphatic rings. The summed E-state index contributed by atoms with van der Waals surface area (Å²) in [4.78, 5) is 18.2. The second-order valence-electron chi connectivity index (χ2n) is 8.79. The first-order valence-corrected chi connectivity index (χ1v) is 14.4. The summed E-state index contributed by atoms with van der Waals surface area (Å²) in [6.07, 6.45) is 7.63. The highest BCUT2D eigenvalue weighted by Gasteiger charge is 2.24. The molecule has 0 aliphatic carbocycles. The van der Waals surface area contributed by atoms with Gasteiger partial charge in [-0.15, -0.1) is 11.8 Å². The van der Waals surface area contributed by atoms with Crippen LogP contribution in [0.3, 0.4) is 0 Å². The smallest absolute Gasteiger partial charge is 0.255 e. The highest BCUT2D eigenvalue weighted by atomic mass is 32.2. The molecule has 2 aliphatic heterocycles. The number of nitrogens with one attached hydrogen (secondary N) is 1. The van der Waals surface area contributed by atoms with Crippen LogP contribution in [0.1, 0.15) is 53.6 Å². The van der Waals surface area contributed by atoms with E-state index in [0.29, 0.717) is 5.56 Å². The Morgan fingerprint density at radius 2 is 1.61 bits per heavy atom. The summed E-state index contributed by atoms with van der Waals surface area (Å²) in [5.74, 6) is -0.0826. The fraction of sp³-hybridized carbons (Fsp3) is 0.480. The monoisotopic (exact) mass is 487 g/mol. The van der Waals surface area contributed by atoms with Gasteiger partial charge in [-0.25, -0.2) is 13.1 Å². The van der Waals surface area contributed by atoms with E-state index in [9.17, 15) is 13.2 Å². The molecular formula is C25H33N3O3S2. The summed E-state index contributed by atoms with van der Waals surface area (Å²) in [5, 5.41) is 0. The van der Waals surface area contributed by atoms with Gasteiger partial charge in [0, 0.05) is 31.1 Å². The van der Waals surface area contributed by atoms with Gasteiger partial charge in [-0.3, -0.25) is 9.69 Å². The summed E-state index contributed by atoms with van der Waals surface area (Å²) in [5.41, 5.74) is 2.61. The van der Waals surface area contributed by atoms with Gasteiger partial charge in [0.15, 0.2) is 0 Å². The number of carbonyl (C=O) groups excluding carboxylic acids is 1. The summed E-state index contributed by atoms with van der Waals surface area (Å²) in [6.45, 7) is 4.72. The maximum Gasteiger partial charge on any atom is 0.255 e. The third kappa shape index (κ3) is 5.98. The molecule has 33 heavy (non-hydrogen) atoms. The van der Waals surface area contributed by atoms with E-state index in [1.165, 1.54) is 37.1 Å². The molecule has 0 spiro atoms. The van der Waals surface area contributed by atoms with E-state index in [-0.39, 0.29) is 17.3 Å². The molecule has 6 nitrogen and oxygen atoms in total. The number of piperidine rings is 1. The van der Waals surface area contributed by atoms with Gasteiger partial charge < -0.3 is 4.90 Å². The third-order valence-electron chi connectivity index (χ3n) is 6.52. The van der Waals surface area contributed by atoms with Crippen molar-refractivity contribution in [3.63, 3.8) is 0 Å². The van der Waals surface area contributed by atoms with Crippen molar-refractivity contribution in [1.82, 2.24) is 14.5 Å². The molecule has 0 unspecified atom stereocenters. The Hall–Kier alpha value is -1.87. The zero-order valence-electron chi connectivity index (χ0n) is 19.3. The van der Waals surface area contributed by atoms with Gasteiger partial charge in [0.1, 0.15) is 0 Å². The minimum Gasteiger partial charge on any atom is -0.339 e. The lowest BCUT2D eigenvalue weighted by Crippen LogP contribution is -2.30. The van der Waals surface area contributed by atoms with Crippen molar-refractivity contribution < 1.29 is 13.2 Å². The molecule has 2 heterocycles. The summed E-state index contributed by atoms with van der Waals surface area (Å²) in [6, 6.07) is 12.9. The fourth-order valence-corrected chi connectivity index (χ4v) is 6.21. The highest BCUT2D eigenvalue weighted by Crippen LogP contribution is 2.26. The summed E-state index contributed by atoms with van der Waals surface area (Å²) >= 11 is 1.46. The fourth-order valence-electron chi connectivity index (χ4n) is 4.61. The maximum atomic E-state index is 13.1. The van der Waals surface area contributed by atoms with Crippen molar-refractivity contribution in [2.45, 2.75) is 55.0 Å². The SMILES string of the molecule is CSc1ccc(S(=O)(=O)NCc2ccccc2CN2CCCCC2)cc1C(=O)N1CCCC1. The molecule has 2 saturated heterocycles. The van der Waals surface area contributed by atoms with E-state index in [0.717, 1.165) is 61.6 Å². The molecule has 1 N–H and O–H groups in total. The molecule has 1 amide bonds. The molecule has 2 fully saturated rings. The standard InChI is InChI=1S/C25H33N3O3S2/c1-32-24-12-11-22(17-23(24)25(29)28-15-7-8-16-28)33(30,31)26-18-20-9-3-4-10-21(20)19-27-13-5-2-6-14-27/h3-4,9-12,17,26H,2,5-8,13-16,18-19H2,1H3. The quantitative estimate of drug-likeness (QED) is 0.568. The lowest BCUT2D eigenvalue weighted by Gasteiger charge is -2.27. The number of nitrogens with zero attached hydrogens (tertiary/aromatic N) is 2. The minimum absolute atomic E-state index is 0.0826. The molecule has 8 heteroatoms. The van der Waals surface area contributed by atoms with Crippen LogP contribution >= 0.6 is 11.8 Å². The van der Waals surface area contributed by atoms with Gasteiger partial charge in [0.25, 0.3) is 5.91 Å². The zero-order valence-corrected chi connectivity index (χ0v) is 20.9. The number of hydrogen-bond donors (Lipinski definition) is 1. The van der Waals surface area contributed by atoms with Crippen molar-refractivity contribution in [1.29, 1.82) is 0 Å². The Bertz CT molecular complexity index is 1080. The second-order valence-corrected chi connectivity index (χ2v) is 11.4. The summed E-state index contributed by atoms with van der Waals surface area (Å²) in [7, 11) is -3.76. The van der Waals surface area contributed by atoms with E-state index in [2.05, 4.69) is 15.7 Å². The average molecular weight is 488 g/mol. The number of hydrogen-bond acceptors (Lipinski definition) is 5. The van der Waals surface area contributed by atoms with Gasteiger partial charge in [-0.05, 0) is 74.4 Å². The van der Waals surface area contributed by atoms with Crippen molar-refractivity contribution >= 4 is 27.7 Å². The molecule has 4 rings (SSSR count). The van der Waals surface area contributed by atoms with Crippen LogP contribution in [0.15, 0.2) is 52.3 Å². The third-order valence-corrected chi connectivity index (χ3v) is 8.71. The second kappa shape index (κ2) is 11.0. The predicted molar refractivity (Wildman–Crippen MR) is 133 cm³/mol. The number of rotatable bonds is 8. The van der Waals surface area contributed by atoms with E-state index in [4.69, 9.17) is 0 Å². The lowest BCUT2D eigenvalue weighted by atomic mass is 10.1. The van der Waals surface area contributed by atoms with E-state index < -0.39 is 10.0 Å². The van der Waals surface area contributed by atoms with Gasteiger partial charge in [0.05, 0.1) is 10.5 Å². The molecule has 0 aromatic heterocycles. The van der Waals surface area contributed by atoms with Crippen LogP contribution in [-0.4, -0.2) is 56.6 Å². The highest BCUT2D eigenvalue weighted by molar-refractivity contribution is 7.98. The molecule has 0 atom stereocenters. The molecule has 0 bridgehead atoms. The topological polar surface area (TPSA) is 69.7 Å². The Morgan fingerprint density at radius 1 is 0.939 bits per heavy atom. The van der Waals surface area contributed by atoms with E-state index in [1.54, 1.807) is 12.1 Å². The zero-order chi connectivity index (χ0) is 23.3. The van der Waals surface area contributed by atoms with Crippen LogP contribution < -0.4 is 4.72 Å². The van der Waals surface area contributed by atoms with Crippen molar-refractivity contribution in [3.8, 4) is 0 Å². The normalized spacial score (nSPS) is 17.4. The number of benzene rings is 2. The van der Waals surface area contributed by atoms with Gasteiger partial charge in [-0.1, -0.05) is 30.7 Å². The van der Waals surface area contributed by atoms with Gasteiger partial charge in [0.2, 0.25) is 10.0 Å². The van der Waals surface area contributed by atoms with E-state index in [1.807, 2.05) is 29.4 Å². The van der Waals surface area contributed by atoms with Crippen LogP contribution in [0, 0.1) is 0 Å². The Labute approximate surface area is 201 Å². The molecule has 2 aromatic carbocycles. The first kappa shape index (κ1) is 24.3. The number of carbonyl (C=O) groups is 1. The van der Waals surface area contributed by atoms with Gasteiger partial charge >= 0.3 is 0 Å². The molecule has 0 radical (unpaired) electrons. The first-order chi connectivity index (χ1) is 16.0. The predicted octanol–water partition coefficient (Wildman–Crippen LogP) is 4.11. The Morgan fingerprint density at radius 3 is 2.30 bits per heavy atom. The minimum atomic E-state index is -3.76. The molecule has 2 aromatic rings. The largest absolute Gasteiger partial charge is 0.339 e. The van der Waals surface area contributed by atoms with Crippen molar-refractivity contribution in [2.24, 2.45) is 0 Å². The number of sulfonamides is 1. The number of likely N-dealkylation sites (tertiary alicyclic amines) is 2. The molecule has 178 valence electrons. The maximum absolute atomic E-state index is 13.1. The number of thioether (sulfide) groups is 1. The molecule has 0 saturated carbocycles. The number of amides is 1. The Balaban J connectivity index is 1.50. The molecular weight excluding hydrogens is 454 g/mol. The van der Waals surface area contributed by atoms with Crippen molar-refractivity contribution in [2.75, 3.05) is 32.4 Å². The average Bonchev–Trinajstić information content (AvgIpc) is 3.38. The first-order valence-electron chi connectivity index (χ1n) is 11.7. The van der Waals surface area contributed by atoms with Gasteiger partial charge in [-0.2, -0.15) is 0 Å². The van der Waals surface area contributed by atoms with Crippen LogP contribution in [0.25, 0.3) is 0 Å². The Kier molecular flexibility index (Phi) is 8.11. The van der Waals surface area contributed by atoms with E-state index >= 15 is 0 Å². The van der Waals surface area contributed by atoms with Crippen LogP contribution in [0.4, 0.5) is 0 Å². The van der Waals surface area contributed by atoms with Crippen molar-refractivity contribution in [3.05, 3.63) is 59.2 Å². The van der Waals surface area contributed by atoms with Crippen LogP contribution in [0.5, 0.6) is 0 Å².